The molecule has 1 unspecified atom stereocenters. The van der Waals surface area contributed by atoms with Gasteiger partial charge in [0.1, 0.15) is 6.61 Å². The maximum Gasteiger partial charge on any atom is 0.354 e. The van der Waals surface area contributed by atoms with E-state index in [1.54, 1.807) is 44.2 Å². The second-order valence-corrected chi connectivity index (χ2v) is 7.79. The molecule has 0 aliphatic carbocycles. The summed E-state index contributed by atoms with van der Waals surface area (Å²) in [7, 11) is 0. The van der Waals surface area contributed by atoms with E-state index in [0.717, 1.165) is 0 Å². The second kappa shape index (κ2) is 7.50. The van der Waals surface area contributed by atoms with Gasteiger partial charge in [-0.2, -0.15) is 0 Å². The van der Waals surface area contributed by atoms with Crippen molar-refractivity contribution in [3.05, 3.63) is 69.8 Å². The Morgan fingerprint density at radius 3 is 2.55 bits per heavy atom. The number of fused-ring (bicyclic) bond motifs is 3. The molecule has 0 saturated carbocycles. The van der Waals surface area contributed by atoms with Gasteiger partial charge in [0.25, 0.3) is 11.6 Å². The number of carbonyl (C=O) groups excluding carboxylic acids is 3. The summed E-state index contributed by atoms with van der Waals surface area (Å²) >= 11 is 0. The van der Waals surface area contributed by atoms with Gasteiger partial charge >= 0.3 is 5.97 Å². The second-order valence-electron chi connectivity index (χ2n) is 7.79. The Balaban J connectivity index is 1.76. The molecule has 0 N–H and O–H groups in total. The van der Waals surface area contributed by atoms with Crippen molar-refractivity contribution < 1.29 is 24.0 Å². The summed E-state index contributed by atoms with van der Waals surface area (Å²) in [5.41, 5.74) is -0.854. The number of amides is 2. The first-order valence-electron chi connectivity index (χ1n) is 9.94. The molecule has 2 amide bonds. The molecular formula is C22H21N3O6. The van der Waals surface area contributed by atoms with Crippen molar-refractivity contribution in [2.24, 2.45) is 0 Å². The van der Waals surface area contributed by atoms with Gasteiger partial charge in [0.05, 0.1) is 21.7 Å². The number of rotatable bonds is 5. The number of nitro benzene ring substituents is 1. The van der Waals surface area contributed by atoms with Crippen molar-refractivity contribution >= 4 is 29.2 Å². The van der Waals surface area contributed by atoms with Crippen LogP contribution in [-0.2, 0) is 20.9 Å². The molecule has 1 atom stereocenters. The van der Waals surface area contributed by atoms with Crippen molar-refractivity contribution in [1.29, 1.82) is 0 Å². The first-order valence-corrected chi connectivity index (χ1v) is 9.94. The Morgan fingerprint density at radius 2 is 1.84 bits per heavy atom. The Kier molecular flexibility index (Phi) is 4.96. The van der Waals surface area contributed by atoms with Crippen LogP contribution in [-0.4, -0.2) is 39.3 Å². The number of ether oxygens (including phenoxy) is 1. The van der Waals surface area contributed by atoms with Gasteiger partial charge in [-0.25, -0.2) is 4.79 Å². The van der Waals surface area contributed by atoms with E-state index in [1.165, 1.54) is 28.0 Å². The van der Waals surface area contributed by atoms with Gasteiger partial charge < -0.3 is 9.64 Å². The fraction of sp³-hybridized carbons (Fsp3) is 0.318. The number of para-hydroxylation sites is 2. The normalized spacial score (nSPS) is 20.0. The molecular weight excluding hydrogens is 402 g/mol. The van der Waals surface area contributed by atoms with Crippen molar-refractivity contribution in [2.75, 3.05) is 4.90 Å². The molecule has 0 spiro atoms. The summed E-state index contributed by atoms with van der Waals surface area (Å²) in [6.45, 7) is 3.19. The Bertz CT molecular complexity index is 1100. The van der Waals surface area contributed by atoms with Gasteiger partial charge in [0.15, 0.2) is 0 Å². The quantitative estimate of drug-likeness (QED) is 0.415. The molecule has 0 bridgehead atoms. The van der Waals surface area contributed by atoms with E-state index in [4.69, 9.17) is 4.74 Å². The number of hydrogen-bond donors (Lipinski definition) is 0. The average Bonchev–Trinajstić information content (AvgIpc) is 3.10. The van der Waals surface area contributed by atoms with Crippen LogP contribution in [0.3, 0.4) is 0 Å². The largest absolute Gasteiger partial charge is 0.457 e. The minimum atomic E-state index is -1.62. The first kappa shape index (κ1) is 20.5. The predicted octanol–water partition coefficient (Wildman–Crippen LogP) is 3.03. The minimum absolute atomic E-state index is 0.0748. The third-order valence-corrected chi connectivity index (χ3v) is 5.69. The standard InChI is InChI=1S/C22H21N3O6/c1-14(2)23-20(27)16-8-4-6-10-18(16)24-19(26)11-12-22(23,24)21(28)31-13-15-7-3-5-9-17(15)25(29)30/h3-10,14H,11-13H2,1-2H3. The number of anilines is 1. The van der Waals surface area contributed by atoms with E-state index >= 15 is 0 Å². The van der Waals surface area contributed by atoms with Gasteiger partial charge in [0, 0.05) is 24.9 Å². The van der Waals surface area contributed by atoms with Crippen LogP contribution in [0.4, 0.5) is 11.4 Å². The Hall–Kier alpha value is -3.75. The number of nitro groups is 1. The average molecular weight is 423 g/mol. The Labute approximate surface area is 178 Å². The molecule has 160 valence electrons. The Morgan fingerprint density at radius 1 is 1.16 bits per heavy atom. The summed E-state index contributed by atoms with van der Waals surface area (Å²) in [6, 6.07) is 12.2. The highest BCUT2D eigenvalue weighted by Gasteiger charge is 2.62. The lowest BCUT2D eigenvalue weighted by Crippen LogP contribution is -2.70. The highest BCUT2D eigenvalue weighted by Crippen LogP contribution is 2.46. The van der Waals surface area contributed by atoms with Crippen LogP contribution < -0.4 is 4.90 Å². The molecule has 0 radical (unpaired) electrons. The van der Waals surface area contributed by atoms with E-state index in [-0.39, 0.29) is 42.5 Å². The number of esters is 1. The molecule has 2 aliphatic heterocycles. The summed E-state index contributed by atoms with van der Waals surface area (Å²) in [5.74, 6) is -1.43. The molecule has 4 rings (SSSR count). The minimum Gasteiger partial charge on any atom is -0.457 e. The van der Waals surface area contributed by atoms with Crippen LogP contribution in [0.25, 0.3) is 0 Å². The summed E-state index contributed by atoms with van der Waals surface area (Å²) < 4.78 is 5.52. The number of carbonyl (C=O) groups is 3. The fourth-order valence-electron chi connectivity index (χ4n) is 4.44. The molecule has 1 saturated heterocycles. The zero-order valence-corrected chi connectivity index (χ0v) is 17.1. The van der Waals surface area contributed by atoms with E-state index in [1.807, 2.05) is 0 Å². The van der Waals surface area contributed by atoms with Gasteiger partial charge in [-0.1, -0.05) is 24.3 Å². The van der Waals surface area contributed by atoms with E-state index < -0.39 is 22.6 Å². The van der Waals surface area contributed by atoms with E-state index in [2.05, 4.69) is 0 Å². The van der Waals surface area contributed by atoms with Crippen molar-refractivity contribution in [3.8, 4) is 0 Å². The molecule has 2 aromatic carbocycles. The fourth-order valence-corrected chi connectivity index (χ4v) is 4.44. The zero-order valence-electron chi connectivity index (χ0n) is 17.1. The predicted molar refractivity (Wildman–Crippen MR) is 110 cm³/mol. The highest BCUT2D eigenvalue weighted by molar-refractivity contribution is 6.15. The third-order valence-electron chi connectivity index (χ3n) is 5.69. The van der Waals surface area contributed by atoms with Gasteiger partial charge in [0.2, 0.25) is 11.6 Å². The number of benzene rings is 2. The summed E-state index contributed by atoms with van der Waals surface area (Å²) in [6.07, 6.45) is 0.158. The smallest absolute Gasteiger partial charge is 0.354 e. The zero-order chi connectivity index (χ0) is 22.3. The molecule has 2 aliphatic rings. The van der Waals surface area contributed by atoms with Crippen LogP contribution >= 0.6 is 0 Å². The lowest BCUT2D eigenvalue weighted by Gasteiger charge is -2.50. The van der Waals surface area contributed by atoms with Crippen LogP contribution in [0.1, 0.15) is 42.6 Å². The monoisotopic (exact) mass is 423 g/mol. The number of hydrogen-bond acceptors (Lipinski definition) is 6. The van der Waals surface area contributed by atoms with Crippen LogP contribution in [0, 0.1) is 10.1 Å². The molecule has 31 heavy (non-hydrogen) atoms. The van der Waals surface area contributed by atoms with Crippen LogP contribution in [0.15, 0.2) is 48.5 Å². The maximum atomic E-state index is 13.5. The van der Waals surface area contributed by atoms with Crippen molar-refractivity contribution in [2.45, 2.75) is 45.0 Å². The lowest BCUT2D eigenvalue weighted by molar-refractivity contribution is -0.385. The van der Waals surface area contributed by atoms with Crippen molar-refractivity contribution in [3.63, 3.8) is 0 Å². The molecule has 2 heterocycles. The maximum absolute atomic E-state index is 13.5. The molecule has 2 aromatic rings. The number of nitrogens with zero attached hydrogens (tertiary/aromatic N) is 3. The summed E-state index contributed by atoms with van der Waals surface area (Å²) in [5, 5.41) is 11.3. The van der Waals surface area contributed by atoms with Gasteiger partial charge in [-0.05, 0) is 32.0 Å². The van der Waals surface area contributed by atoms with Crippen LogP contribution in [0.5, 0.6) is 0 Å². The van der Waals surface area contributed by atoms with Crippen LogP contribution in [0.2, 0.25) is 0 Å². The third kappa shape index (κ3) is 3.04. The first-order chi connectivity index (χ1) is 14.8. The van der Waals surface area contributed by atoms with E-state index in [0.29, 0.717) is 11.3 Å². The molecule has 9 heteroatoms. The van der Waals surface area contributed by atoms with Crippen molar-refractivity contribution in [1.82, 2.24) is 4.90 Å². The molecule has 1 fully saturated rings. The van der Waals surface area contributed by atoms with Gasteiger partial charge in [-0.15, -0.1) is 0 Å². The highest BCUT2D eigenvalue weighted by atomic mass is 16.6. The lowest BCUT2D eigenvalue weighted by atomic mass is 9.95. The molecule has 0 aromatic heterocycles. The van der Waals surface area contributed by atoms with E-state index in [9.17, 15) is 24.5 Å². The van der Waals surface area contributed by atoms with Gasteiger partial charge in [-0.3, -0.25) is 24.6 Å². The molecule has 9 nitrogen and oxygen atoms in total. The topological polar surface area (TPSA) is 110 Å². The summed E-state index contributed by atoms with van der Waals surface area (Å²) in [4.78, 5) is 53.2. The SMILES string of the molecule is CC(C)N1C(=O)c2ccccc2N2C(=O)CCC21C(=O)OCc1ccccc1[N+](=O)[O-].